The van der Waals surface area contributed by atoms with E-state index in [2.05, 4.69) is 110 Å². The van der Waals surface area contributed by atoms with Gasteiger partial charge in [0.15, 0.2) is 0 Å². The van der Waals surface area contributed by atoms with Crippen molar-refractivity contribution in [3.63, 3.8) is 0 Å². The number of fused-ring (bicyclic) bond motifs is 3. The third-order valence-electron chi connectivity index (χ3n) is 6.26. The van der Waals surface area contributed by atoms with E-state index in [9.17, 15) is 0 Å². The Hall–Kier alpha value is -1.86. The summed E-state index contributed by atoms with van der Waals surface area (Å²) in [6, 6.07) is 24.7. The molecule has 2 unspecified atom stereocenters. The van der Waals surface area contributed by atoms with Gasteiger partial charge >= 0.3 is 0 Å². The van der Waals surface area contributed by atoms with Gasteiger partial charge in [-0.15, -0.1) is 0 Å². The lowest BCUT2D eigenvalue weighted by molar-refractivity contribution is 0.616. The first-order valence-electron chi connectivity index (χ1n) is 9.39. The molecule has 0 N–H and O–H groups in total. The summed E-state index contributed by atoms with van der Waals surface area (Å²) in [5, 5.41) is 0. The van der Waals surface area contributed by atoms with Crippen LogP contribution in [0, 0.1) is 0 Å². The summed E-state index contributed by atoms with van der Waals surface area (Å²) < 4.78 is 1.15. The van der Waals surface area contributed by atoms with Gasteiger partial charge in [-0.1, -0.05) is 98.2 Å². The molecule has 0 radical (unpaired) electrons. The first-order chi connectivity index (χ1) is 12.4. The minimum atomic E-state index is 0.0701. The Morgan fingerprint density at radius 2 is 1.35 bits per heavy atom. The van der Waals surface area contributed by atoms with E-state index in [0.717, 1.165) is 4.47 Å². The van der Waals surface area contributed by atoms with Crippen molar-refractivity contribution in [1.29, 1.82) is 0 Å². The number of benzene rings is 3. The van der Waals surface area contributed by atoms with Crippen molar-refractivity contribution in [3.05, 3.63) is 93.5 Å². The summed E-state index contributed by atoms with van der Waals surface area (Å²) >= 11 is 3.61. The molecule has 4 rings (SSSR count). The van der Waals surface area contributed by atoms with Crippen LogP contribution in [0.15, 0.2) is 71.2 Å². The highest BCUT2D eigenvalue weighted by atomic mass is 79.9. The molecule has 1 aliphatic rings. The molecular formula is C25H25Br. The summed E-state index contributed by atoms with van der Waals surface area (Å²) in [5.41, 5.74) is 8.58. The number of halogens is 1. The largest absolute Gasteiger partial charge is 0.0619 e. The molecule has 0 aliphatic heterocycles. The van der Waals surface area contributed by atoms with Crippen LogP contribution in [0.3, 0.4) is 0 Å². The average Bonchev–Trinajstić information content (AvgIpc) is 2.88. The molecule has 26 heavy (non-hydrogen) atoms. The third-order valence-corrected chi connectivity index (χ3v) is 6.75. The average molecular weight is 405 g/mol. The van der Waals surface area contributed by atoms with Crippen LogP contribution < -0.4 is 0 Å². The van der Waals surface area contributed by atoms with E-state index in [-0.39, 0.29) is 5.41 Å². The number of hydrogen-bond acceptors (Lipinski definition) is 0. The van der Waals surface area contributed by atoms with Gasteiger partial charge in [-0.05, 0) is 57.3 Å². The van der Waals surface area contributed by atoms with Crippen LogP contribution in [0.5, 0.6) is 0 Å². The predicted octanol–water partition coefficient (Wildman–Crippen LogP) is 7.66. The second-order valence-corrected chi connectivity index (χ2v) is 9.02. The Kier molecular flexibility index (Phi) is 4.31. The fourth-order valence-electron chi connectivity index (χ4n) is 4.37. The number of rotatable bonds is 3. The molecule has 3 aromatic carbocycles. The lowest BCUT2D eigenvalue weighted by Gasteiger charge is -2.25. The van der Waals surface area contributed by atoms with Crippen molar-refractivity contribution in [2.75, 3.05) is 0 Å². The van der Waals surface area contributed by atoms with Crippen LogP contribution in [0.25, 0.3) is 11.1 Å². The minimum Gasteiger partial charge on any atom is -0.0619 e. The van der Waals surface area contributed by atoms with Crippen molar-refractivity contribution < 1.29 is 0 Å². The van der Waals surface area contributed by atoms with Gasteiger partial charge in [0, 0.05) is 9.89 Å². The molecule has 0 amide bonds. The van der Waals surface area contributed by atoms with E-state index >= 15 is 0 Å². The highest BCUT2D eigenvalue weighted by molar-refractivity contribution is 9.10. The van der Waals surface area contributed by atoms with Gasteiger partial charge < -0.3 is 0 Å². The second kappa shape index (κ2) is 6.39. The van der Waals surface area contributed by atoms with Gasteiger partial charge in [0.25, 0.3) is 0 Å². The molecule has 0 heterocycles. The summed E-state index contributed by atoms with van der Waals surface area (Å²) in [6.07, 6.45) is 0. The molecule has 0 saturated heterocycles. The molecule has 1 aliphatic carbocycles. The maximum absolute atomic E-state index is 3.61. The van der Waals surface area contributed by atoms with Gasteiger partial charge in [-0.25, -0.2) is 0 Å². The van der Waals surface area contributed by atoms with Gasteiger partial charge in [-0.3, -0.25) is 0 Å². The monoisotopic (exact) mass is 404 g/mol. The minimum absolute atomic E-state index is 0.0701. The molecule has 3 aromatic rings. The molecule has 132 valence electrons. The predicted molar refractivity (Wildman–Crippen MR) is 115 cm³/mol. The molecular weight excluding hydrogens is 380 g/mol. The second-order valence-electron chi connectivity index (χ2n) is 8.11. The van der Waals surface area contributed by atoms with Crippen LogP contribution in [0.2, 0.25) is 0 Å². The SMILES string of the molecule is CC(c1cccc(Br)c1)C(C)c1ccc2c(c1)C(C)(C)c1ccccc1-2. The van der Waals surface area contributed by atoms with Crippen LogP contribution >= 0.6 is 15.9 Å². The molecule has 0 spiro atoms. The smallest absolute Gasteiger partial charge is 0.0178 e. The van der Waals surface area contributed by atoms with Crippen LogP contribution in [0.4, 0.5) is 0 Å². The Balaban J connectivity index is 1.73. The normalized spacial score (nSPS) is 16.7. The van der Waals surface area contributed by atoms with Crippen LogP contribution in [-0.4, -0.2) is 0 Å². The molecule has 0 saturated carbocycles. The molecule has 1 heteroatoms. The van der Waals surface area contributed by atoms with Gasteiger partial charge in [0.2, 0.25) is 0 Å². The quantitative estimate of drug-likeness (QED) is 0.420. The van der Waals surface area contributed by atoms with Crippen molar-refractivity contribution >= 4 is 15.9 Å². The molecule has 0 bridgehead atoms. The van der Waals surface area contributed by atoms with Crippen molar-refractivity contribution in [1.82, 2.24) is 0 Å². The van der Waals surface area contributed by atoms with Gasteiger partial charge in [0.05, 0.1) is 0 Å². The fraction of sp³-hybridized carbons (Fsp3) is 0.280. The summed E-state index contributed by atoms with van der Waals surface area (Å²) in [4.78, 5) is 0. The zero-order chi connectivity index (χ0) is 18.5. The van der Waals surface area contributed by atoms with E-state index in [1.54, 1.807) is 0 Å². The van der Waals surface area contributed by atoms with Gasteiger partial charge in [-0.2, -0.15) is 0 Å². The van der Waals surface area contributed by atoms with E-state index < -0.39 is 0 Å². The number of hydrogen-bond donors (Lipinski definition) is 0. The van der Waals surface area contributed by atoms with Crippen LogP contribution in [0.1, 0.15) is 61.8 Å². The topological polar surface area (TPSA) is 0 Å². The third kappa shape index (κ3) is 2.74. The van der Waals surface area contributed by atoms with Crippen LogP contribution in [-0.2, 0) is 5.41 Å². The highest BCUT2D eigenvalue weighted by Gasteiger charge is 2.35. The summed E-state index contributed by atoms with van der Waals surface area (Å²) in [6.45, 7) is 9.38. The summed E-state index contributed by atoms with van der Waals surface area (Å²) in [7, 11) is 0. The lowest BCUT2D eigenvalue weighted by Crippen LogP contribution is -2.15. The van der Waals surface area contributed by atoms with E-state index in [0.29, 0.717) is 11.8 Å². The zero-order valence-corrected chi connectivity index (χ0v) is 17.5. The van der Waals surface area contributed by atoms with Gasteiger partial charge in [0.1, 0.15) is 0 Å². The standard InChI is InChI=1S/C25H25Br/c1-16(18-8-7-9-20(26)14-18)17(2)19-12-13-22-21-10-5-6-11-23(21)25(3,4)24(22)15-19/h5-17H,1-4H3. The maximum atomic E-state index is 3.61. The molecule has 0 aromatic heterocycles. The van der Waals surface area contributed by atoms with E-state index in [4.69, 9.17) is 0 Å². The molecule has 0 nitrogen and oxygen atoms in total. The summed E-state index contributed by atoms with van der Waals surface area (Å²) in [5.74, 6) is 0.937. The first-order valence-corrected chi connectivity index (χ1v) is 10.2. The maximum Gasteiger partial charge on any atom is 0.0178 e. The first kappa shape index (κ1) is 17.5. The van der Waals surface area contributed by atoms with E-state index in [1.807, 2.05) is 0 Å². The Morgan fingerprint density at radius 3 is 2.08 bits per heavy atom. The Morgan fingerprint density at radius 1 is 0.692 bits per heavy atom. The van der Waals surface area contributed by atoms with E-state index in [1.165, 1.54) is 33.4 Å². The fourth-order valence-corrected chi connectivity index (χ4v) is 4.79. The Labute approximate surface area is 165 Å². The van der Waals surface area contributed by atoms with Crippen molar-refractivity contribution in [2.45, 2.75) is 44.9 Å². The van der Waals surface area contributed by atoms with Crippen molar-refractivity contribution in [2.24, 2.45) is 0 Å². The van der Waals surface area contributed by atoms with Crippen molar-refractivity contribution in [3.8, 4) is 11.1 Å². The Bertz CT molecular complexity index is 967. The highest BCUT2D eigenvalue weighted by Crippen LogP contribution is 2.49. The lowest BCUT2D eigenvalue weighted by atomic mass is 9.79. The molecule has 2 atom stereocenters. The zero-order valence-electron chi connectivity index (χ0n) is 15.9. The molecule has 0 fully saturated rings.